The Kier molecular flexibility index (Phi) is 5.25. The summed E-state index contributed by atoms with van der Waals surface area (Å²) in [4.78, 5) is 24.6. The summed E-state index contributed by atoms with van der Waals surface area (Å²) < 4.78 is 39.0. The number of hydrogen-bond donors (Lipinski definition) is 1. The number of hydrogen-bond acceptors (Lipinski definition) is 4. The molecule has 1 fully saturated rings. The van der Waals surface area contributed by atoms with Crippen molar-refractivity contribution in [2.75, 3.05) is 16.6 Å². The highest BCUT2D eigenvalue weighted by Crippen LogP contribution is 2.35. The van der Waals surface area contributed by atoms with Gasteiger partial charge in [-0.3, -0.25) is 9.59 Å². The van der Waals surface area contributed by atoms with Crippen LogP contribution < -0.4 is 9.62 Å². The van der Waals surface area contributed by atoms with Crippen LogP contribution in [0.5, 0.6) is 0 Å². The van der Waals surface area contributed by atoms with Crippen molar-refractivity contribution in [3.8, 4) is 0 Å². The number of amides is 2. The number of rotatable bonds is 5. The molecule has 0 spiro atoms. The van der Waals surface area contributed by atoms with Crippen LogP contribution in [0.4, 0.5) is 10.1 Å². The first kappa shape index (κ1) is 20.0. The van der Waals surface area contributed by atoms with Gasteiger partial charge in [-0.25, -0.2) is 17.1 Å². The van der Waals surface area contributed by atoms with Crippen molar-refractivity contribution in [3.63, 3.8) is 0 Å². The molecule has 28 heavy (non-hydrogen) atoms. The van der Waals surface area contributed by atoms with E-state index in [2.05, 4.69) is 5.32 Å². The third kappa shape index (κ3) is 3.91. The number of carbonyl (C=O) groups is 2. The fourth-order valence-corrected chi connectivity index (χ4v) is 5.23. The van der Waals surface area contributed by atoms with Gasteiger partial charge >= 0.3 is 0 Å². The zero-order valence-electron chi connectivity index (χ0n) is 15.6. The van der Waals surface area contributed by atoms with Crippen LogP contribution in [0.15, 0.2) is 48.5 Å². The smallest absolute Gasteiger partial charge is 0.251 e. The second kappa shape index (κ2) is 7.35. The van der Waals surface area contributed by atoms with Gasteiger partial charge in [0.2, 0.25) is 15.9 Å². The number of nitrogens with one attached hydrogen (secondary N) is 1. The number of sulfonamides is 1. The summed E-state index contributed by atoms with van der Waals surface area (Å²) in [6.07, 6.45) is 0.353. The van der Waals surface area contributed by atoms with Crippen LogP contribution in [-0.4, -0.2) is 32.5 Å². The van der Waals surface area contributed by atoms with E-state index in [9.17, 15) is 22.4 Å². The van der Waals surface area contributed by atoms with Gasteiger partial charge in [0.25, 0.3) is 5.91 Å². The molecule has 6 nitrogen and oxygen atoms in total. The van der Waals surface area contributed by atoms with Gasteiger partial charge in [0, 0.05) is 12.1 Å². The molecule has 2 amide bonds. The second-order valence-corrected chi connectivity index (χ2v) is 9.17. The SMILES string of the molecule is CC1(C)CS(=O)(=O)N(c2ccc(C(=O)NCCc3ccccc3F)cc2)C1=O. The van der Waals surface area contributed by atoms with E-state index < -0.39 is 21.3 Å². The van der Waals surface area contributed by atoms with E-state index in [-0.39, 0.29) is 29.7 Å². The Bertz CT molecular complexity index is 1020. The van der Waals surface area contributed by atoms with Crippen molar-refractivity contribution >= 4 is 27.5 Å². The third-order valence-corrected chi connectivity index (χ3v) is 6.61. The number of benzene rings is 2. The van der Waals surface area contributed by atoms with Crippen LogP contribution in [-0.2, 0) is 21.2 Å². The van der Waals surface area contributed by atoms with Gasteiger partial charge < -0.3 is 5.32 Å². The molecule has 1 aliphatic rings. The first-order valence-corrected chi connectivity index (χ1v) is 10.4. The van der Waals surface area contributed by atoms with Gasteiger partial charge in [0.1, 0.15) is 5.82 Å². The molecule has 0 radical (unpaired) electrons. The lowest BCUT2D eigenvalue weighted by atomic mass is 9.95. The highest BCUT2D eigenvalue weighted by Gasteiger charge is 2.49. The van der Waals surface area contributed by atoms with Crippen LogP contribution in [0, 0.1) is 11.2 Å². The Hall–Kier alpha value is -2.74. The molecular weight excluding hydrogens is 383 g/mol. The molecule has 0 atom stereocenters. The molecule has 0 aliphatic carbocycles. The van der Waals surface area contributed by atoms with Gasteiger partial charge in [-0.1, -0.05) is 18.2 Å². The van der Waals surface area contributed by atoms with Gasteiger partial charge in [-0.2, -0.15) is 0 Å². The van der Waals surface area contributed by atoms with Crippen LogP contribution in [0.25, 0.3) is 0 Å². The second-order valence-electron chi connectivity index (χ2n) is 7.35. The third-order valence-electron chi connectivity index (χ3n) is 4.59. The van der Waals surface area contributed by atoms with Crippen molar-refractivity contribution in [1.29, 1.82) is 0 Å². The van der Waals surface area contributed by atoms with Crippen LogP contribution in [0.3, 0.4) is 0 Å². The topological polar surface area (TPSA) is 83.6 Å². The largest absolute Gasteiger partial charge is 0.352 e. The van der Waals surface area contributed by atoms with Gasteiger partial charge in [-0.15, -0.1) is 0 Å². The average molecular weight is 404 g/mol. The molecule has 0 saturated carbocycles. The van der Waals surface area contributed by atoms with E-state index in [1.165, 1.54) is 30.3 Å². The number of anilines is 1. The molecule has 0 aromatic heterocycles. The molecule has 1 saturated heterocycles. The van der Waals surface area contributed by atoms with Crippen molar-refractivity contribution in [2.24, 2.45) is 5.41 Å². The lowest BCUT2D eigenvalue weighted by molar-refractivity contribution is -0.123. The monoisotopic (exact) mass is 404 g/mol. The van der Waals surface area contributed by atoms with Crippen molar-refractivity contribution in [1.82, 2.24) is 5.32 Å². The maximum atomic E-state index is 13.6. The zero-order chi connectivity index (χ0) is 20.5. The molecule has 2 aromatic carbocycles. The molecular formula is C20H21FN2O4S. The Labute approximate surface area is 163 Å². The summed E-state index contributed by atoms with van der Waals surface area (Å²) in [5, 5.41) is 2.70. The van der Waals surface area contributed by atoms with Crippen molar-refractivity contribution < 1.29 is 22.4 Å². The van der Waals surface area contributed by atoms with Crippen LogP contribution in [0.1, 0.15) is 29.8 Å². The Morgan fingerprint density at radius 3 is 2.36 bits per heavy atom. The number of halogens is 1. The molecule has 1 heterocycles. The molecule has 0 unspecified atom stereocenters. The van der Waals surface area contributed by atoms with E-state index in [1.807, 2.05) is 0 Å². The summed E-state index contributed by atoms with van der Waals surface area (Å²) in [6.45, 7) is 3.43. The zero-order valence-corrected chi connectivity index (χ0v) is 16.4. The Morgan fingerprint density at radius 1 is 1.14 bits per heavy atom. The molecule has 148 valence electrons. The molecule has 0 bridgehead atoms. The fraction of sp³-hybridized carbons (Fsp3) is 0.300. The predicted octanol–water partition coefficient (Wildman–Crippen LogP) is 2.50. The van der Waals surface area contributed by atoms with Crippen molar-refractivity contribution in [2.45, 2.75) is 20.3 Å². The minimum atomic E-state index is -3.73. The quantitative estimate of drug-likeness (QED) is 0.830. The van der Waals surface area contributed by atoms with Crippen LogP contribution >= 0.6 is 0 Å². The molecule has 2 aromatic rings. The average Bonchev–Trinajstić information content (AvgIpc) is 2.79. The molecule has 1 aliphatic heterocycles. The summed E-state index contributed by atoms with van der Waals surface area (Å²) in [6, 6.07) is 12.1. The summed E-state index contributed by atoms with van der Waals surface area (Å²) in [5.41, 5.74) is 0.0549. The minimum Gasteiger partial charge on any atom is -0.352 e. The van der Waals surface area contributed by atoms with E-state index >= 15 is 0 Å². The maximum absolute atomic E-state index is 13.6. The van der Waals surface area contributed by atoms with E-state index in [0.29, 0.717) is 17.5 Å². The Morgan fingerprint density at radius 2 is 1.79 bits per heavy atom. The lowest BCUT2D eigenvalue weighted by Crippen LogP contribution is -2.33. The first-order valence-electron chi connectivity index (χ1n) is 8.81. The van der Waals surface area contributed by atoms with E-state index in [0.717, 1.165) is 4.31 Å². The van der Waals surface area contributed by atoms with Crippen LogP contribution in [0.2, 0.25) is 0 Å². The first-order chi connectivity index (χ1) is 13.1. The minimum absolute atomic E-state index is 0.207. The predicted molar refractivity (Wildman–Crippen MR) is 104 cm³/mol. The molecule has 1 N–H and O–H groups in total. The highest BCUT2D eigenvalue weighted by atomic mass is 32.2. The van der Waals surface area contributed by atoms with Gasteiger partial charge in [0.05, 0.1) is 16.9 Å². The maximum Gasteiger partial charge on any atom is 0.251 e. The highest BCUT2D eigenvalue weighted by molar-refractivity contribution is 7.94. The summed E-state index contributed by atoms with van der Waals surface area (Å²) >= 11 is 0. The summed E-state index contributed by atoms with van der Waals surface area (Å²) in [5.74, 6) is -1.43. The van der Waals surface area contributed by atoms with Gasteiger partial charge in [0.15, 0.2) is 0 Å². The van der Waals surface area contributed by atoms with Crippen molar-refractivity contribution in [3.05, 3.63) is 65.5 Å². The van der Waals surface area contributed by atoms with E-state index in [1.54, 1.807) is 32.0 Å². The standard InChI is InChI=1S/C20H21FN2O4S/c1-20(2)13-28(26,27)23(19(20)25)16-9-7-15(8-10-16)18(24)22-12-11-14-5-3-4-6-17(14)21/h3-10H,11-13H2,1-2H3,(H,22,24). The molecule has 8 heteroatoms. The Balaban J connectivity index is 1.66. The lowest BCUT2D eigenvalue weighted by Gasteiger charge is -2.17. The number of carbonyl (C=O) groups excluding carboxylic acids is 2. The fourth-order valence-electron chi connectivity index (χ4n) is 3.12. The van der Waals surface area contributed by atoms with Gasteiger partial charge in [-0.05, 0) is 56.2 Å². The van der Waals surface area contributed by atoms with E-state index in [4.69, 9.17) is 0 Å². The molecule has 3 rings (SSSR count). The summed E-state index contributed by atoms with van der Waals surface area (Å²) in [7, 11) is -3.73. The normalized spacial score (nSPS) is 17.5. The number of nitrogens with zero attached hydrogens (tertiary/aromatic N) is 1.